The molecule has 1 aliphatic heterocycles. The van der Waals surface area contributed by atoms with Gasteiger partial charge in [-0.05, 0) is 24.8 Å². The molecule has 22 heavy (non-hydrogen) atoms. The summed E-state index contributed by atoms with van der Waals surface area (Å²) < 4.78 is 15.8. The van der Waals surface area contributed by atoms with Gasteiger partial charge >= 0.3 is 0 Å². The number of rotatable bonds is 7. The molecule has 0 bridgehead atoms. The van der Waals surface area contributed by atoms with Gasteiger partial charge in [-0.2, -0.15) is 0 Å². The van der Waals surface area contributed by atoms with Crippen molar-refractivity contribution in [2.24, 2.45) is 5.92 Å². The highest BCUT2D eigenvalue weighted by Gasteiger charge is 2.20. The lowest BCUT2D eigenvalue weighted by molar-refractivity contribution is -0.385. The lowest BCUT2D eigenvalue weighted by Crippen LogP contribution is -2.29. The van der Waals surface area contributed by atoms with Gasteiger partial charge in [0, 0.05) is 25.3 Å². The van der Waals surface area contributed by atoms with Crippen LogP contribution < -0.4 is 14.8 Å². The maximum absolute atomic E-state index is 11.2. The largest absolute Gasteiger partial charge is 0.493 e. The molecule has 1 aromatic rings. The van der Waals surface area contributed by atoms with Crippen molar-refractivity contribution in [1.82, 2.24) is 5.32 Å². The van der Waals surface area contributed by atoms with Gasteiger partial charge in [-0.25, -0.2) is 0 Å². The average molecular weight is 310 g/mol. The molecular formula is C15H22N2O5. The van der Waals surface area contributed by atoms with Gasteiger partial charge in [0.2, 0.25) is 0 Å². The monoisotopic (exact) mass is 310 g/mol. The van der Waals surface area contributed by atoms with Crippen molar-refractivity contribution in [3.63, 3.8) is 0 Å². The van der Waals surface area contributed by atoms with E-state index in [0.717, 1.165) is 32.6 Å². The first-order chi connectivity index (χ1) is 10.7. The van der Waals surface area contributed by atoms with Crippen molar-refractivity contribution in [3.8, 4) is 11.5 Å². The van der Waals surface area contributed by atoms with E-state index in [4.69, 9.17) is 14.2 Å². The highest BCUT2D eigenvalue weighted by Crippen LogP contribution is 2.34. The van der Waals surface area contributed by atoms with Gasteiger partial charge in [0.05, 0.1) is 31.8 Å². The summed E-state index contributed by atoms with van der Waals surface area (Å²) in [5.74, 6) is 1.32. The quantitative estimate of drug-likeness (QED) is 0.613. The van der Waals surface area contributed by atoms with E-state index in [9.17, 15) is 10.1 Å². The third-order valence-corrected chi connectivity index (χ3v) is 3.78. The molecule has 1 heterocycles. The van der Waals surface area contributed by atoms with Crippen LogP contribution in [0.25, 0.3) is 0 Å². The number of benzene rings is 1. The van der Waals surface area contributed by atoms with Crippen LogP contribution in [0.5, 0.6) is 11.5 Å². The first-order valence-electron chi connectivity index (χ1n) is 7.33. The van der Waals surface area contributed by atoms with Crippen LogP contribution in [-0.2, 0) is 11.3 Å². The first-order valence-corrected chi connectivity index (χ1v) is 7.33. The van der Waals surface area contributed by atoms with Crippen molar-refractivity contribution in [1.29, 1.82) is 0 Å². The van der Waals surface area contributed by atoms with Gasteiger partial charge < -0.3 is 19.5 Å². The minimum Gasteiger partial charge on any atom is -0.493 e. The zero-order valence-electron chi connectivity index (χ0n) is 13.0. The Bertz CT molecular complexity index is 515. The summed E-state index contributed by atoms with van der Waals surface area (Å²) in [5, 5.41) is 14.5. The Morgan fingerprint density at radius 2 is 2.09 bits per heavy atom. The van der Waals surface area contributed by atoms with E-state index in [2.05, 4.69) is 5.32 Å². The molecule has 1 unspecified atom stereocenters. The lowest BCUT2D eigenvalue weighted by atomic mass is 10.0. The zero-order valence-corrected chi connectivity index (χ0v) is 13.0. The molecule has 7 heteroatoms. The van der Waals surface area contributed by atoms with E-state index < -0.39 is 4.92 Å². The number of methoxy groups -OCH3 is 2. The van der Waals surface area contributed by atoms with E-state index >= 15 is 0 Å². The molecule has 0 aliphatic carbocycles. The molecule has 1 N–H and O–H groups in total. The van der Waals surface area contributed by atoms with Crippen molar-refractivity contribution in [2.75, 3.05) is 34.0 Å². The van der Waals surface area contributed by atoms with E-state index in [-0.39, 0.29) is 5.69 Å². The Labute approximate surface area is 129 Å². The second kappa shape index (κ2) is 7.95. The van der Waals surface area contributed by atoms with Crippen molar-refractivity contribution < 1.29 is 19.1 Å². The van der Waals surface area contributed by atoms with Crippen LogP contribution in [0.2, 0.25) is 0 Å². The first kappa shape index (κ1) is 16.5. The molecule has 7 nitrogen and oxygen atoms in total. The fourth-order valence-electron chi connectivity index (χ4n) is 2.60. The third-order valence-electron chi connectivity index (χ3n) is 3.78. The molecule has 1 aliphatic rings. The van der Waals surface area contributed by atoms with Gasteiger partial charge in [0.1, 0.15) is 0 Å². The smallest absolute Gasteiger partial charge is 0.277 e. The summed E-state index contributed by atoms with van der Waals surface area (Å²) in [6, 6.07) is 3.06. The molecule has 2 rings (SSSR count). The fraction of sp³-hybridized carbons (Fsp3) is 0.600. The second-order valence-corrected chi connectivity index (χ2v) is 5.31. The Kier molecular flexibility index (Phi) is 5.97. The number of nitro benzene ring substituents is 1. The molecule has 0 amide bonds. The van der Waals surface area contributed by atoms with Crippen LogP contribution in [0, 0.1) is 16.0 Å². The summed E-state index contributed by atoms with van der Waals surface area (Å²) in [7, 11) is 2.98. The molecule has 1 aromatic carbocycles. The van der Waals surface area contributed by atoms with Crippen molar-refractivity contribution in [3.05, 3.63) is 27.8 Å². The molecular weight excluding hydrogens is 288 g/mol. The van der Waals surface area contributed by atoms with Crippen LogP contribution in [0.4, 0.5) is 5.69 Å². The Hall–Kier alpha value is -1.86. The summed E-state index contributed by atoms with van der Waals surface area (Å²) in [6.07, 6.45) is 2.20. The Balaban J connectivity index is 2.05. The van der Waals surface area contributed by atoms with E-state index in [1.165, 1.54) is 20.3 Å². The number of nitro groups is 1. The minimum absolute atomic E-state index is 0.0324. The molecule has 1 saturated heterocycles. The van der Waals surface area contributed by atoms with Gasteiger partial charge in [0.25, 0.3) is 5.69 Å². The van der Waals surface area contributed by atoms with Crippen LogP contribution >= 0.6 is 0 Å². The van der Waals surface area contributed by atoms with E-state index in [0.29, 0.717) is 29.5 Å². The molecule has 0 radical (unpaired) electrons. The number of nitrogens with zero attached hydrogens (tertiary/aromatic N) is 1. The molecule has 1 atom stereocenters. The second-order valence-electron chi connectivity index (χ2n) is 5.31. The van der Waals surface area contributed by atoms with Gasteiger partial charge in [-0.1, -0.05) is 0 Å². The topological polar surface area (TPSA) is 82.9 Å². The van der Waals surface area contributed by atoms with E-state index in [1.807, 2.05) is 0 Å². The number of ether oxygens (including phenoxy) is 3. The highest BCUT2D eigenvalue weighted by atomic mass is 16.6. The minimum atomic E-state index is -0.400. The summed E-state index contributed by atoms with van der Waals surface area (Å²) in [6.45, 7) is 2.78. The molecule has 0 saturated carbocycles. The molecule has 0 spiro atoms. The maximum atomic E-state index is 11.2. The average Bonchev–Trinajstić information content (AvgIpc) is 2.55. The summed E-state index contributed by atoms with van der Waals surface area (Å²) in [5.41, 5.74) is 0.615. The van der Waals surface area contributed by atoms with Gasteiger partial charge in [-0.15, -0.1) is 0 Å². The maximum Gasteiger partial charge on any atom is 0.277 e. The normalized spacial score (nSPS) is 18.0. The summed E-state index contributed by atoms with van der Waals surface area (Å²) >= 11 is 0. The fourth-order valence-corrected chi connectivity index (χ4v) is 2.60. The van der Waals surface area contributed by atoms with E-state index in [1.54, 1.807) is 6.07 Å². The van der Waals surface area contributed by atoms with Gasteiger partial charge in [-0.3, -0.25) is 10.1 Å². The molecule has 0 aromatic heterocycles. The molecule has 122 valence electrons. The SMILES string of the molecule is COc1cc(CNCC2CCCOC2)c([N+](=O)[O-])cc1OC. The van der Waals surface area contributed by atoms with Crippen molar-refractivity contribution in [2.45, 2.75) is 19.4 Å². The van der Waals surface area contributed by atoms with Crippen LogP contribution in [0.3, 0.4) is 0 Å². The number of nitrogens with one attached hydrogen (secondary N) is 1. The van der Waals surface area contributed by atoms with Crippen LogP contribution in [0.1, 0.15) is 18.4 Å². The highest BCUT2D eigenvalue weighted by molar-refractivity contribution is 5.54. The van der Waals surface area contributed by atoms with Crippen LogP contribution in [-0.4, -0.2) is 38.9 Å². The number of hydrogen-bond donors (Lipinski definition) is 1. The lowest BCUT2D eigenvalue weighted by Gasteiger charge is -2.22. The Morgan fingerprint density at radius 1 is 1.36 bits per heavy atom. The Morgan fingerprint density at radius 3 is 2.68 bits per heavy atom. The predicted molar refractivity (Wildman–Crippen MR) is 81.5 cm³/mol. The zero-order chi connectivity index (χ0) is 15.9. The van der Waals surface area contributed by atoms with Gasteiger partial charge in [0.15, 0.2) is 11.5 Å². The standard InChI is InChI=1S/C15H22N2O5/c1-20-14-6-12(13(17(18)19)7-15(14)21-2)9-16-8-11-4-3-5-22-10-11/h6-7,11,16H,3-5,8-10H2,1-2H3. The van der Waals surface area contributed by atoms with Crippen molar-refractivity contribution >= 4 is 5.69 Å². The third kappa shape index (κ3) is 4.08. The predicted octanol–water partition coefficient (Wildman–Crippen LogP) is 2.13. The molecule has 1 fully saturated rings. The summed E-state index contributed by atoms with van der Waals surface area (Å²) in [4.78, 5) is 10.8. The number of hydrogen-bond acceptors (Lipinski definition) is 6. The van der Waals surface area contributed by atoms with Crippen LogP contribution in [0.15, 0.2) is 12.1 Å².